The highest BCUT2D eigenvalue weighted by Crippen LogP contribution is 2.35. The molecule has 1 saturated carbocycles. The Balaban J connectivity index is 2.19. The summed E-state index contributed by atoms with van der Waals surface area (Å²) in [5.74, 6) is -8.73. The van der Waals surface area contributed by atoms with E-state index in [1.54, 1.807) is 0 Å². The van der Waals surface area contributed by atoms with E-state index in [0.717, 1.165) is 0 Å². The third-order valence-corrected chi connectivity index (χ3v) is 3.97. The number of hydrogen-bond donors (Lipinski definition) is 1. The van der Waals surface area contributed by atoms with Crippen LogP contribution in [0.3, 0.4) is 0 Å². The molecule has 0 radical (unpaired) electrons. The van der Waals surface area contributed by atoms with Crippen LogP contribution in [0.25, 0.3) is 0 Å². The lowest BCUT2D eigenvalue weighted by Crippen LogP contribution is -2.29. The molecule has 8 heteroatoms. The van der Waals surface area contributed by atoms with Gasteiger partial charge in [-0.3, -0.25) is 9.59 Å². The molecule has 1 N–H and O–H groups in total. The Kier molecular flexibility index (Phi) is 5.94. The van der Waals surface area contributed by atoms with Gasteiger partial charge in [-0.2, -0.15) is 0 Å². The molecule has 4 nitrogen and oxygen atoms in total. The molecule has 0 aliphatic heterocycles. The standard InChI is InChI=1S/C17H18F4N2O2/c1-23(2)4-3-22-8-10-13(24)5-9(6-14(10)25)15-16(20)11(18)7-12(19)17(15)21/h7-9,22H,3-6H2,1-2H3. The first-order chi connectivity index (χ1) is 11.7. The van der Waals surface area contributed by atoms with Crippen LogP contribution in [-0.4, -0.2) is 43.7 Å². The number of nitrogens with zero attached hydrogens (tertiary/aromatic N) is 1. The van der Waals surface area contributed by atoms with E-state index in [9.17, 15) is 27.2 Å². The average molecular weight is 358 g/mol. The Bertz CT molecular complexity index is 686. The van der Waals surface area contributed by atoms with Gasteiger partial charge in [-0.15, -0.1) is 0 Å². The molecule has 0 heterocycles. The second-order valence-corrected chi connectivity index (χ2v) is 6.15. The minimum atomic E-state index is -1.57. The number of halogens is 4. The lowest BCUT2D eigenvalue weighted by atomic mass is 9.79. The van der Waals surface area contributed by atoms with Gasteiger partial charge in [-0.25, -0.2) is 17.6 Å². The van der Waals surface area contributed by atoms with Gasteiger partial charge in [0.15, 0.2) is 34.8 Å². The Morgan fingerprint density at radius 1 is 1.08 bits per heavy atom. The molecule has 1 aliphatic rings. The van der Waals surface area contributed by atoms with E-state index in [-0.39, 0.29) is 11.6 Å². The number of rotatable bonds is 5. The molecule has 0 saturated heterocycles. The SMILES string of the molecule is CN(C)CCNC=C1C(=O)CC(c2c(F)c(F)cc(F)c2F)CC1=O. The highest BCUT2D eigenvalue weighted by molar-refractivity contribution is 6.22. The van der Waals surface area contributed by atoms with Gasteiger partial charge >= 0.3 is 0 Å². The summed E-state index contributed by atoms with van der Waals surface area (Å²) < 4.78 is 54.4. The highest BCUT2D eigenvalue weighted by atomic mass is 19.2. The summed E-state index contributed by atoms with van der Waals surface area (Å²) in [6.07, 6.45) is 0.483. The van der Waals surface area contributed by atoms with Gasteiger partial charge in [0.1, 0.15) is 0 Å². The molecule has 0 aromatic heterocycles. The second-order valence-electron chi connectivity index (χ2n) is 6.15. The number of nitrogens with one attached hydrogen (secondary N) is 1. The third-order valence-electron chi connectivity index (χ3n) is 3.97. The summed E-state index contributed by atoms with van der Waals surface area (Å²) in [5, 5.41) is 2.83. The molecule has 1 fully saturated rings. The Morgan fingerprint density at radius 2 is 1.60 bits per heavy atom. The van der Waals surface area contributed by atoms with E-state index < -0.39 is 59.2 Å². The maximum Gasteiger partial charge on any atom is 0.168 e. The summed E-state index contributed by atoms with van der Waals surface area (Å²) in [6.45, 7) is 1.17. The van der Waals surface area contributed by atoms with Crippen molar-refractivity contribution in [1.82, 2.24) is 10.2 Å². The predicted molar refractivity (Wildman–Crippen MR) is 82.9 cm³/mol. The molecule has 1 aromatic rings. The maximum atomic E-state index is 13.9. The van der Waals surface area contributed by atoms with Crippen LogP contribution in [0, 0.1) is 23.3 Å². The summed E-state index contributed by atoms with van der Waals surface area (Å²) in [7, 11) is 3.72. The molecule has 0 bridgehead atoms. The highest BCUT2D eigenvalue weighted by Gasteiger charge is 2.36. The van der Waals surface area contributed by atoms with Gasteiger partial charge in [0, 0.05) is 49.7 Å². The van der Waals surface area contributed by atoms with Crippen LogP contribution < -0.4 is 5.32 Å². The first-order valence-corrected chi connectivity index (χ1v) is 7.70. The van der Waals surface area contributed by atoms with Crippen LogP contribution >= 0.6 is 0 Å². The first kappa shape index (κ1) is 19.1. The molecular weight excluding hydrogens is 340 g/mol. The van der Waals surface area contributed by atoms with Crippen molar-refractivity contribution in [2.75, 3.05) is 27.2 Å². The van der Waals surface area contributed by atoms with Gasteiger partial charge in [0.25, 0.3) is 0 Å². The molecule has 0 spiro atoms. The molecule has 1 aromatic carbocycles. The van der Waals surface area contributed by atoms with Gasteiger partial charge in [0.2, 0.25) is 0 Å². The fourth-order valence-corrected chi connectivity index (χ4v) is 2.67. The van der Waals surface area contributed by atoms with Crippen LogP contribution in [0.1, 0.15) is 24.3 Å². The molecule has 136 valence electrons. The van der Waals surface area contributed by atoms with Crippen molar-refractivity contribution in [3.63, 3.8) is 0 Å². The predicted octanol–water partition coefficient (Wildman–Crippen LogP) is 2.29. The van der Waals surface area contributed by atoms with Crippen molar-refractivity contribution in [3.8, 4) is 0 Å². The Hall–Kier alpha value is -2.22. The lowest BCUT2D eigenvalue weighted by Gasteiger charge is -2.23. The van der Waals surface area contributed by atoms with Crippen LogP contribution in [0.4, 0.5) is 17.6 Å². The monoisotopic (exact) mass is 358 g/mol. The number of ketones is 2. The zero-order valence-electron chi connectivity index (χ0n) is 13.8. The molecule has 1 aliphatic carbocycles. The lowest BCUT2D eigenvalue weighted by molar-refractivity contribution is -0.124. The van der Waals surface area contributed by atoms with E-state index >= 15 is 0 Å². The van der Waals surface area contributed by atoms with Crippen LogP contribution in [0.2, 0.25) is 0 Å². The van der Waals surface area contributed by atoms with E-state index in [2.05, 4.69) is 5.32 Å². The Labute approximate surface area is 142 Å². The molecule has 0 unspecified atom stereocenters. The molecular formula is C17H18F4N2O2. The summed E-state index contributed by atoms with van der Waals surface area (Å²) in [4.78, 5) is 26.2. The Morgan fingerprint density at radius 3 is 2.08 bits per heavy atom. The normalized spacial score (nSPS) is 18.0. The smallest absolute Gasteiger partial charge is 0.168 e. The average Bonchev–Trinajstić information content (AvgIpc) is 2.51. The van der Waals surface area contributed by atoms with Crippen molar-refractivity contribution in [2.24, 2.45) is 0 Å². The largest absolute Gasteiger partial charge is 0.389 e. The number of hydrogen-bond acceptors (Lipinski definition) is 4. The number of allylic oxidation sites excluding steroid dienone is 1. The molecule has 0 amide bonds. The van der Waals surface area contributed by atoms with Gasteiger partial charge in [-0.05, 0) is 14.1 Å². The van der Waals surface area contributed by atoms with Gasteiger partial charge in [-0.1, -0.05) is 0 Å². The van der Waals surface area contributed by atoms with Gasteiger partial charge < -0.3 is 10.2 Å². The second kappa shape index (κ2) is 7.77. The molecule has 0 atom stereocenters. The number of benzene rings is 1. The quantitative estimate of drug-likeness (QED) is 0.289. The topological polar surface area (TPSA) is 49.4 Å². The minimum Gasteiger partial charge on any atom is -0.389 e. The number of carbonyl (C=O) groups is 2. The van der Waals surface area contributed by atoms with Crippen LogP contribution in [0.15, 0.2) is 17.8 Å². The van der Waals surface area contributed by atoms with E-state index in [0.29, 0.717) is 13.1 Å². The van der Waals surface area contributed by atoms with Gasteiger partial charge in [0.05, 0.1) is 5.57 Å². The summed E-state index contributed by atoms with van der Waals surface area (Å²) in [6, 6.07) is 0.0979. The molecule has 2 rings (SSSR count). The van der Waals surface area contributed by atoms with Crippen molar-refractivity contribution < 1.29 is 27.2 Å². The summed E-state index contributed by atoms with van der Waals surface area (Å²) >= 11 is 0. The van der Waals surface area contributed by atoms with Crippen molar-refractivity contribution in [3.05, 3.63) is 46.7 Å². The zero-order valence-corrected chi connectivity index (χ0v) is 13.8. The fourth-order valence-electron chi connectivity index (χ4n) is 2.67. The first-order valence-electron chi connectivity index (χ1n) is 7.70. The van der Waals surface area contributed by atoms with Crippen LogP contribution in [0.5, 0.6) is 0 Å². The number of carbonyl (C=O) groups excluding carboxylic acids is 2. The zero-order chi connectivity index (χ0) is 18.7. The number of likely N-dealkylation sites (N-methyl/N-ethyl adjacent to an activating group) is 1. The van der Waals surface area contributed by atoms with Crippen molar-refractivity contribution in [1.29, 1.82) is 0 Å². The van der Waals surface area contributed by atoms with Crippen molar-refractivity contribution >= 4 is 11.6 Å². The van der Waals surface area contributed by atoms with Crippen LogP contribution in [-0.2, 0) is 9.59 Å². The summed E-state index contributed by atoms with van der Waals surface area (Å²) in [5.41, 5.74) is -0.994. The number of Topliss-reactive ketones (excluding diaryl/α,β-unsaturated/α-hetero) is 2. The van der Waals surface area contributed by atoms with E-state index in [4.69, 9.17) is 0 Å². The van der Waals surface area contributed by atoms with E-state index in [1.165, 1.54) is 6.20 Å². The third kappa shape index (κ3) is 4.25. The minimum absolute atomic E-state index is 0.0979. The molecule has 25 heavy (non-hydrogen) atoms. The maximum absolute atomic E-state index is 13.9. The fraction of sp³-hybridized carbons (Fsp3) is 0.412. The van der Waals surface area contributed by atoms with Crippen molar-refractivity contribution in [2.45, 2.75) is 18.8 Å². The van der Waals surface area contributed by atoms with E-state index in [1.807, 2.05) is 19.0 Å².